The highest BCUT2D eigenvalue weighted by Crippen LogP contribution is 2.45. The van der Waals surface area contributed by atoms with Crippen LogP contribution in [-0.2, 0) is 65.4 Å². The second-order valence-electron chi connectivity index (χ2n) is 28.6. The van der Waals surface area contributed by atoms with Gasteiger partial charge in [-0.3, -0.25) is 37.3 Å². The molecule has 0 amide bonds. The lowest BCUT2D eigenvalue weighted by Gasteiger charge is -2.21. The molecule has 0 saturated carbocycles. The van der Waals surface area contributed by atoms with Gasteiger partial charge in [-0.05, 0) is 43.4 Å². The third kappa shape index (κ3) is 69.0. The number of esters is 4. The minimum Gasteiger partial charge on any atom is -0.462 e. The van der Waals surface area contributed by atoms with Gasteiger partial charge in [-0.25, -0.2) is 9.13 Å². The molecule has 0 aliphatic rings. The van der Waals surface area contributed by atoms with Crippen molar-refractivity contribution in [3.63, 3.8) is 0 Å². The number of carbonyl (C=O) groups is 4. The maximum Gasteiger partial charge on any atom is 0.472 e. The zero-order chi connectivity index (χ0) is 70.1. The largest absolute Gasteiger partial charge is 0.472 e. The van der Waals surface area contributed by atoms with E-state index in [4.69, 9.17) is 37.0 Å². The fraction of sp³-hybridized carbons (Fsp3) is 0.947. The Bertz CT molecular complexity index is 1850. The molecule has 0 spiro atoms. The smallest absolute Gasteiger partial charge is 0.462 e. The van der Waals surface area contributed by atoms with Gasteiger partial charge in [0.2, 0.25) is 0 Å². The maximum absolute atomic E-state index is 13.1. The van der Waals surface area contributed by atoms with Gasteiger partial charge in [0.1, 0.15) is 19.3 Å². The number of ether oxygens (including phenoxy) is 4. The van der Waals surface area contributed by atoms with Crippen molar-refractivity contribution in [1.82, 2.24) is 0 Å². The number of aliphatic hydroxyl groups is 1. The zero-order valence-electron chi connectivity index (χ0n) is 62.1. The van der Waals surface area contributed by atoms with Gasteiger partial charge in [0.25, 0.3) is 0 Å². The molecule has 3 N–H and O–H groups in total. The molecule has 17 nitrogen and oxygen atoms in total. The predicted molar refractivity (Wildman–Crippen MR) is 386 cm³/mol. The third-order valence-corrected chi connectivity index (χ3v) is 19.9. The molecule has 3 unspecified atom stereocenters. The Hall–Kier alpha value is -1.94. The number of carbonyl (C=O) groups excluding carboxylic acids is 4. The molecule has 0 aliphatic heterocycles. The molecule has 0 aromatic carbocycles. The van der Waals surface area contributed by atoms with E-state index in [0.29, 0.717) is 25.7 Å². The average molecular weight is 1400 g/mol. The number of unbranched alkanes of at least 4 members (excludes halogenated alkanes) is 41. The molecule has 0 radical (unpaired) electrons. The Balaban J connectivity index is 5.17. The first-order chi connectivity index (χ1) is 45.8. The minimum absolute atomic E-state index is 0.104. The quantitative estimate of drug-likeness (QED) is 0.0222. The molecule has 0 aromatic rings. The van der Waals surface area contributed by atoms with E-state index in [9.17, 15) is 43.2 Å². The summed E-state index contributed by atoms with van der Waals surface area (Å²) in [5, 5.41) is 10.6. The van der Waals surface area contributed by atoms with Crippen molar-refractivity contribution in [2.45, 2.75) is 407 Å². The Morgan fingerprint density at radius 3 is 0.800 bits per heavy atom. The van der Waals surface area contributed by atoms with E-state index in [1.54, 1.807) is 0 Å². The van der Waals surface area contributed by atoms with Crippen LogP contribution in [0.15, 0.2) is 0 Å². The van der Waals surface area contributed by atoms with Gasteiger partial charge >= 0.3 is 39.5 Å². The van der Waals surface area contributed by atoms with Crippen LogP contribution in [0.25, 0.3) is 0 Å². The lowest BCUT2D eigenvalue weighted by Crippen LogP contribution is -2.30. The van der Waals surface area contributed by atoms with Gasteiger partial charge in [0, 0.05) is 25.7 Å². The topological polar surface area (TPSA) is 237 Å². The van der Waals surface area contributed by atoms with Crippen LogP contribution in [0.3, 0.4) is 0 Å². The minimum atomic E-state index is -4.96. The number of phosphoric acid groups is 2. The van der Waals surface area contributed by atoms with Gasteiger partial charge in [-0.2, -0.15) is 0 Å². The number of aliphatic hydroxyl groups excluding tert-OH is 1. The first-order valence-corrected chi connectivity index (χ1v) is 42.4. The van der Waals surface area contributed by atoms with Crippen LogP contribution in [0.5, 0.6) is 0 Å². The number of hydrogen-bond donors (Lipinski definition) is 3. The van der Waals surface area contributed by atoms with Crippen LogP contribution < -0.4 is 0 Å². The lowest BCUT2D eigenvalue weighted by atomic mass is 9.99. The first-order valence-electron chi connectivity index (χ1n) is 39.4. The van der Waals surface area contributed by atoms with Crippen molar-refractivity contribution in [1.29, 1.82) is 0 Å². The summed E-state index contributed by atoms with van der Waals surface area (Å²) in [4.78, 5) is 72.7. The summed E-state index contributed by atoms with van der Waals surface area (Å²) in [5.41, 5.74) is 0. The van der Waals surface area contributed by atoms with E-state index in [1.807, 2.05) is 0 Å². The van der Waals surface area contributed by atoms with E-state index in [1.165, 1.54) is 199 Å². The molecular weight excluding hydrogens is 1250 g/mol. The number of hydrogen-bond acceptors (Lipinski definition) is 15. The SMILES string of the molecule is CCCCCCCCCCCC(=O)OC[C@H](COP(=O)(O)OC[C@H](O)COP(=O)(O)OC[C@@H](COC(=O)CCCCCCCCCCCCC(C)C)OC(=O)CCCCCCCCCCCCCCCCCCCCC(C)CC)OC(=O)CCCCCCCCCCC(C)C. The normalized spacial score (nSPS) is 14.4. The van der Waals surface area contributed by atoms with Crippen molar-refractivity contribution in [2.75, 3.05) is 39.6 Å². The highest BCUT2D eigenvalue weighted by Gasteiger charge is 2.30. The summed E-state index contributed by atoms with van der Waals surface area (Å²) in [7, 11) is -9.91. The van der Waals surface area contributed by atoms with Crippen molar-refractivity contribution in [3.05, 3.63) is 0 Å². The van der Waals surface area contributed by atoms with Crippen LogP contribution in [0.4, 0.5) is 0 Å². The summed E-state index contributed by atoms with van der Waals surface area (Å²) >= 11 is 0. The van der Waals surface area contributed by atoms with Crippen LogP contribution in [0, 0.1) is 17.8 Å². The first kappa shape index (κ1) is 93.1. The number of rotatable bonds is 74. The van der Waals surface area contributed by atoms with Crippen LogP contribution >= 0.6 is 15.6 Å². The maximum atomic E-state index is 13.1. The predicted octanol–water partition coefficient (Wildman–Crippen LogP) is 22.2. The van der Waals surface area contributed by atoms with Crippen molar-refractivity contribution >= 4 is 39.5 Å². The molecule has 564 valence electrons. The van der Waals surface area contributed by atoms with Gasteiger partial charge in [0.15, 0.2) is 12.2 Å². The monoisotopic (exact) mass is 1400 g/mol. The Labute approximate surface area is 581 Å². The standard InChI is InChI=1S/C76H148O17P2/c1-8-10-11-12-13-26-36-43-50-57-73(78)86-63-72(93-76(81)60-53-46-39-32-31-34-41-48-55-68(5)6)66-91-95(84,85)89-62-70(77)61-88-94(82,83)90-65-71(64-87-74(79)58-51-44-37-29-25-24-27-33-40-47-54-67(3)4)92-75(80)59-52-45-38-30-23-21-19-17-15-14-16-18-20-22-28-35-42-49-56-69(7)9-2/h67-72,77H,8-66H2,1-7H3,(H,82,83)(H,84,85)/t69?,70-,71-,72-/m1/s1. The molecule has 0 aliphatic carbocycles. The molecule has 0 saturated heterocycles. The van der Waals surface area contributed by atoms with Crippen LogP contribution in [0.1, 0.15) is 389 Å². The van der Waals surface area contributed by atoms with Crippen molar-refractivity contribution in [3.8, 4) is 0 Å². The fourth-order valence-electron chi connectivity index (χ4n) is 11.6. The molecule has 0 heterocycles. The Kier molecular flexibility index (Phi) is 65.2. The van der Waals surface area contributed by atoms with E-state index in [0.717, 1.165) is 108 Å². The van der Waals surface area contributed by atoms with Crippen LogP contribution in [-0.4, -0.2) is 96.7 Å². The molecule has 0 bridgehead atoms. The summed E-state index contributed by atoms with van der Waals surface area (Å²) < 4.78 is 68.4. The Morgan fingerprint density at radius 2 is 0.537 bits per heavy atom. The lowest BCUT2D eigenvalue weighted by molar-refractivity contribution is -0.161. The molecule has 95 heavy (non-hydrogen) atoms. The second-order valence-corrected chi connectivity index (χ2v) is 31.5. The summed E-state index contributed by atoms with van der Waals surface area (Å²) in [6.45, 7) is 11.9. The molecule has 0 rings (SSSR count). The molecule has 0 fully saturated rings. The summed E-state index contributed by atoms with van der Waals surface area (Å²) in [6, 6.07) is 0. The van der Waals surface area contributed by atoms with E-state index in [2.05, 4.69) is 48.5 Å². The average Bonchev–Trinajstić information content (AvgIpc) is 3.12. The molecular formula is C76H148O17P2. The van der Waals surface area contributed by atoms with E-state index < -0.39 is 97.5 Å². The number of phosphoric ester groups is 2. The van der Waals surface area contributed by atoms with Crippen LogP contribution in [0.2, 0.25) is 0 Å². The van der Waals surface area contributed by atoms with Crippen molar-refractivity contribution in [2.24, 2.45) is 17.8 Å². The summed E-state index contributed by atoms with van der Waals surface area (Å²) in [6.07, 6.45) is 52.8. The molecule has 0 aromatic heterocycles. The highest BCUT2D eigenvalue weighted by molar-refractivity contribution is 7.47. The zero-order valence-corrected chi connectivity index (χ0v) is 63.9. The third-order valence-electron chi connectivity index (χ3n) is 18.0. The van der Waals surface area contributed by atoms with E-state index in [-0.39, 0.29) is 25.7 Å². The highest BCUT2D eigenvalue weighted by atomic mass is 31.2. The van der Waals surface area contributed by atoms with Gasteiger partial charge in [-0.1, -0.05) is 337 Å². The fourth-order valence-corrected chi connectivity index (χ4v) is 13.1. The van der Waals surface area contributed by atoms with Gasteiger partial charge in [0.05, 0.1) is 26.4 Å². The molecule has 19 heteroatoms. The van der Waals surface area contributed by atoms with E-state index >= 15 is 0 Å². The molecule has 6 atom stereocenters. The van der Waals surface area contributed by atoms with Gasteiger partial charge in [-0.15, -0.1) is 0 Å². The van der Waals surface area contributed by atoms with Gasteiger partial charge < -0.3 is 33.8 Å². The van der Waals surface area contributed by atoms with Crippen molar-refractivity contribution < 1.29 is 80.2 Å². The second kappa shape index (κ2) is 66.6. The summed E-state index contributed by atoms with van der Waals surface area (Å²) in [5.74, 6) is 0.226. The Morgan fingerprint density at radius 1 is 0.305 bits per heavy atom.